The SMILES string of the molecule is CC[C@H](C)[C@H](C[C@H](O)CC(=O)O[C@@H]1C(C)O[C@@H](OC(=O)[C@]23CCC(C)(C)CC2C2=CCC4[C@@]5(C)CC[C@H](O[C@@H]6OC(C(=O)O)[C@@H](O)[C@H](O[C@@H]7OC[C@@H](O)[C@H](O)C7O)C6O[C@@H]6OC(CO)[C@H](O)[C@H](O)C6O)[C@@](C)(C=O)C5CC[C@@]4(C)[C@]2(C)C[C@H]3O)[C@H](O[C@@H]2OC(C)[C@H](OC3OCC(O)[C@H](O[C@@H]4OC[C@](O)(CO)C4O)[C@@H]3O)[C@H](O[C@@H]3OC(CO)[C@@H](O)[C@H](O)C3O)C2O)C1O)OC(=O)C[C@@H](O)C[C@H](O)[C@@H](C)CC. The van der Waals surface area contributed by atoms with Crippen molar-refractivity contribution in [1.29, 1.82) is 0 Å². The van der Waals surface area contributed by atoms with Crippen molar-refractivity contribution in [2.75, 3.05) is 39.6 Å². The van der Waals surface area contributed by atoms with Crippen LogP contribution in [0.15, 0.2) is 11.6 Å². The lowest BCUT2D eigenvalue weighted by Gasteiger charge is -2.71. The Labute approximate surface area is 808 Å². The summed E-state index contributed by atoms with van der Waals surface area (Å²) >= 11 is 0. The van der Waals surface area contributed by atoms with Crippen LogP contribution < -0.4 is 0 Å². The Morgan fingerprint density at radius 3 is 1.64 bits per heavy atom. The van der Waals surface area contributed by atoms with Gasteiger partial charge in [-0.2, -0.15) is 0 Å². The van der Waals surface area contributed by atoms with Crippen molar-refractivity contribution >= 4 is 30.2 Å². The van der Waals surface area contributed by atoms with Crippen LogP contribution in [0.1, 0.15) is 179 Å². The molecular formula is C93H150O47. The van der Waals surface area contributed by atoms with E-state index in [0.29, 0.717) is 32.1 Å². The van der Waals surface area contributed by atoms with Crippen molar-refractivity contribution in [3.05, 3.63) is 11.6 Å². The third-order valence-electron chi connectivity index (χ3n) is 33.6. The monoisotopic (exact) mass is 2020 g/mol. The zero-order valence-electron chi connectivity index (χ0n) is 80.7. The standard InChI is InChI=1S/C93H150O47/c1-13-36(3)44(100)23-40(98)25-54(104)128-47(37(4)14-2)24-41(99)26-55(105)132-68-38(5)127-83(74(64(68)114)138-82-67(117)72(136-80-62(112)59(109)57(107)48(29-94)129-80)69(39(6)126-82)133-79-66(116)70(46(102)32-124-79)134-85-76(118)92(122,34-97)35-125-85)140-86(121)93-22-21-87(7,8)27-43(93)42-15-16-51-88(9)19-18-53(89(10,33-96)50(88)17-20-90(51,11)91(42,12)28-52(93)103)131-84-75(139-81-63(113)60(110)58(108)49(30-95)130-81)71(65(115)73(137-84)77(119)120)135-78-61(111)56(106)45(101)31-123-78/h15,33,36-41,43-53,56-76,78-85,94-95,97-103,106-118,122H,13-14,16-32,34-35H2,1-12H3,(H,119,120)/t36-,37-,38?,39?,40-,41-,43?,44-,45+,46?,47-,48?,49?,50?,51?,52+,53-,56-,57+,58-,59-,60-,61?,62?,63?,64?,65-,66-,67?,68+,69-,70-,71-,72+,73?,74+,75?,76?,78-,79?,80-,81-,82-,83-,84+,85-,88-,89-,90+,91+,92+,93+/m0/s1. The van der Waals surface area contributed by atoms with Crippen molar-refractivity contribution in [3.63, 3.8) is 0 Å². The fourth-order valence-corrected chi connectivity index (χ4v) is 24.3. The molecule has 13 rings (SSSR count). The summed E-state index contributed by atoms with van der Waals surface area (Å²) in [6.07, 6.45) is -73.2. The predicted octanol–water partition coefficient (Wildman–Crippen LogP) is -6.32. The zero-order valence-corrected chi connectivity index (χ0v) is 80.7. The number of esters is 3. The third-order valence-corrected chi connectivity index (χ3v) is 33.6. The molecule has 12 fully saturated rings. The maximum atomic E-state index is 16.6. The average Bonchev–Trinajstić information content (AvgIpc) is 0.743. The number of carboxylic acids is 1. The number of allylic oxidation sites excluding steroid dienone is 2. The lowest BCUT2D eigenvalue weighted by atomic mass is 9.33. The van der Waals surface area contributed by atoms with E-state index in [1.165, 1.54) is 13.8 Å². The molecule has 13 aliphatic rings. The van der Waals surface area contributed by atoms with Gasteiger partial charge < -0.3 is 213 Å². The van der Waals surface area contributed by atoms with Crippen molar-refractivity contribution < 1.29 is 232 Å². The average molecular weight is 2020 g/mol. The molecule has 0 aromatic carbocycles. The topological polar surface area (TPSA) is 737 Å². The van der Waals surface area contributed by atoms with E-state index in [-0.39, 0.29) is 63.2 Å². The van der Waals surface area contributed by atoms with Crippen LogP contribution in [0.5, 0.6) is 0 Å². The summed E-state index contributed by atoms with van der Waals surface area (Å²) in [4.78, 5) is 72.1. The van der Waals surface area contributed by atoms with Gasteiger partial charge in [0.1, 0.15) is 158 Å². The van der Waals surface area contributed by atoms with E-state index in [2.05, 4.69) is 19.9 Å². The molecule has 0 radical (unpaired) electrons. The van der Waals surface area contributed by atoms with Gasteiger partial charge in [0.25, 0.3) is 0 Å². The van der Waals surface area contributed by atoms with E-state index >= 15 is 4.79 Å². The Bertz CT molecular complexity index is 4160. The molecule has 5 aliphatic carbocycles. The number of carboxylic acid groups (broad SMARTS) is 1. The van der Waals surface area contributed by atoms with Gasteiger partial charge in [0.05, 0.1) is 101 Å². The summed E-state index contributed by atoms with van der Waals surface area (Å²) in [6.45, 7) is 16.8. The quantitative estimate of drug-likeness (QED) is 0.00923. The second-order valence-electron chi connectivity index (χ2n) is 43.1. The van der Waals surface area contributed by atoms with Crippen molar-refractivity contribution in [1.82, 2.24) is 0 Å². The number of aliphatic carboxylic acids is 1. The number of fused-ring (bicyclic) bond motifs is 7. The number of aldehydes is 1. The van der Waals surface area contributed by atoms with Gasteiger partial charge in [0, 0.05) is 12.8 Å². The van der Waals surface area contributed by atoms with Gasteiger partial charge in [-0.05, 0) is 123 Å². The van der Waals surface area contributed by atoms with Gasteiger partial charge in [-0.15, -0.1) is 0 Å². The van der Waals surface area contributed by atoms with E-state index in [1.54, 1.807) is 27.7 Å². The van der Waals surface area contributed by atoms with Crippen molar-refractivity contribution in [2.24, 2.45) is 62.1 Å². The summed E-state index contributed by atoms with van der Waals surface area (Å²) in [6, 6.07) is 0. The fourth-order valence-electron chi connectivity index (χ4n) is 24.3. The molecule has 0 amide bonds. The van der Waals surface area contributed by atoms with E-state index in [9.17, 15) is 142 Å². The molecule has 24 N–H and O–H groups in total. The van der Waals surface area contributed by atoms with Crippen molar-refractivity contribution in [2.45, 2.75) is 437 Å². The highest BCUT2D eigenvalue weighted by molar-refractivity contribution is 5.80. The molecule has 47 heteroatoms. The molecule has 140 heavy (non-hydrogen) atoms. The molecule has 52 atom stereocenters. The lowest BCUT2D eigenvalue weighted by Crippen LogP contribution is -2.69. The first kappa shape index (κ1) is 113. The highest BCUT2D eigenvalue weighted by Gasteiger charge is 2.74. The Hall–Kier alpha value is -4.23. The van der Waals surface area contributed by atoms with E-state index in [0.717, 1.165) is 11.9 Å². The summed E-state index contributed by atoms with van der Waals surface area (Å²) in [5.74, 6) is -7.30. The van der Waals surface area contributed by atoms with Gasteiger partial charge in [0.2, 0.25) is 6.29 Å². The Balaban J connectivity index is 0.800. The normalized spacial score (nSPS) is 48.8. The van der Waals surface area contributed by atoms with Crippen LogP contribution in [0.25, 0.3) is 0 Å². The first-order valence-corrected chi connectivity index (χ1v) is 48.9. The number of rotatable bonds is 35. The molecule has 804 valence electrons. The van der Waals surface area contributed by atoms with E-state index in [4.69, 9.17) is 85.3 Å². The molecule has 17 unspecified atom stereocenters. The molecular weight excluding hydrogens is 1870 g/mol. The van der Waals surface area contributed by atoms with Crippen LogP contribution in [0, 0.1) is 62.1 Å². The van der Waals surface area contributed by atoms with Crippen LogP contribution in [0.2, 0.25) is 0 Å². The van der Waals surface area contributed by atoms with Gasteiger partial charge in [-0.25, -0.2) is 4.79 Å². The fraction of sp³-hybridized carbons (Fsp3) is 0.925. The molecule has 0 bridgehead atoms. The smallest absolute Gasteiger partial charge is 0.335 e. The predicted molar refractivity (Wildman–Crippen MR) is 464 cm³/mol. The van der Waals surface area contributed by atoms with Crippen LogP contribution in [-0.2, 0) is 109 Å². The minimum Gasteiger partial charge on any atom is -0.479 e. The molecule has 0 spiro atoms. The lowest BCUT2D eigenvalue weighted by molar-refractivity contribution is -0.396. The maximum Gasteiger partial charge on any atom is 0.335 e. The van der Waals surface area contributed by atoms with E-state index < -0.39 is 384 Å². The van der Waals surface area contributed by atoms with Gasteiger partial charge in [-0.3, -0.25) is 14.4 Å². The van der Waals surface area contributed by atoms with E-state index in [1.807, 2.05) is 27.7 Å². The number of aliphatic hydroxyl groups excluding tert-OH is 22. The van der Waals surface area contributed by atoms with Crippen LogP contribution in [0.3, 0.4) is 0 Å². The Morgan fingerprint density at radius 1 is 0.500 bits per heavy atom. The molecule has 8 aliphatic heterocycles. The van der Waals surface area contributed by atoms with Crippen LogP contribution in [0.4, 0.5) is 0 Å². The number of carbonyl (C=O) groups is 5. The summed E-state index contributed by atoms with van der Waals surface area (Å²) in [7, 11) is 0. The summed E-state index contributed by atoms with van der Waals surface area (Å²) in [5, 5.41) is 270. The van der Waals surface area contributed by atoms with Crippen LogP contribution >= 0.6 is 0 Å². The highest BCUT2D eigenvalue weighted by Crippen LogP contribution is 2.76. The number of hydrogen-bond acceptors (Lipinski definition) is 46. The first-order valence-electron chi connectivity index (χ1n) is 48.9. The zero-order chi connectivity index (χ0) is 103. The molecule has 0 aromatic rings. The Kier molecular flexibility index (Phi) is 36.2. The first-order chi connectivity index (χ1) is 65.7. The third kappa shape index (κ3) is 21.8. The number of hydrogen-bond donors (Lipinski definition) is 24. The Morgan fingerprint density at radius 2 is 1.04 bits per heavy atom. The number of ether oxygens (including phenoxy) is 18. The van der Waals surface area contributed by atoms with Gasteiger partial charge in [0.15, 0.2) is 62.3 Å². The van der Waals surface area contributed by atoms with Crippen LogP contribution in [-0.4, -0.2) is 450 Å². The maximum absolute atomic E-state index is 16.6. The van der Waals surface area contributed by atoms with Crippen molar-refractivity contribution in [3.8, 4) is 0 Å². The number of carbonyl (C=O) groups excluding carboxylic acids is 4. The molecule has 0 aromatic heterocycles. The molecule has 8 heterocycles. The molecule has 47 nitrogen and oxygen atoms in total. The number of aliphatic hydroxyl groups is 23. The second kappa shape index (κ2) is 44.9. The second-order valence-corrected chi connectivity index (χ2v) is 43.1. The largest absolute Gasteiger partial charge is 0.479 e. The van der Waals surface area contributed by atoms with Gasteiger partial charge in [-0.1, -0.05) is 93.7 Å². The van der Waals surface area contributed by atoms with Gasteiger partial charge >= 0.3 is 23.9 Å². The summed E-state index contributed by atoms with van der Waals surface area (Å²) < 4.78 is 110. The highest BCUT2D eigenvalue weighted by atomic mass is 16.8. The molecule has 8 saturated heterocycles. The minimum atomic E-state index is -2.36. The summed E-state index contributed by atoms with van der Waals surface area (Å²) in [5.41, 5.74) is -8.04. The minimum absolute atomic E-state index is 0.0179. The molecule has 4 saturated carbocycles.